The van der Waals surface area contributed by atoms with E-state index in [4.69, 9.17) is 4.74 Å². The zero-order valence-corrected chi connectivity index (χ0v) is 30.7. The molecule has 0 N–H and O–H groups in total. The van der Waals surface area contributed by atoms with Crippen LogP contribution in [0.2, 0.25) is 0 Å². The lowest BCUT2D eigenvalue weighted by Crippen LogP contribution is -2.32. The van der Waals surface area contributed by atoms with Crippen LogP contribution < -0.4 is 9.64 Å². The van der Waals surface area contributed by atoms with Crippen molar-refractivity contribution in [3.05, 3.63) is 221 Å². The van der Waals surface area contributed by atoms with E-state index >= 15 is 0 Å². The predicted molar refractivity (Wildman–Crippen MR) is 224 cm³/mol. The van der Waals surface area contributed by atoms with Gasteiger partial charge in [-0.2, -0.15) is 0 Å². The Bertz CT molecular complexity index is 2560. The van der Waals surface area contributed by atoms with Crippen molar-refractivity contribution in [2.75, 3.05) is 4.90 Å². The minimum Gasteiger partial charge on any atom is -0.457 e. The van der Waals surface area contributed by atoms with Crippen LogP contribution in [0.3, 0.4) is 0 Å². The molecule has 3 aliphatic rings. The zero-order chi connectivity index (χ0) is 36.3. The second-order valence-electron chi connectivity index (χ2n) is 15.3. The van der Waals surface area contributed by atoms with Gasteiger partial charge in [-0.1, -0.05) is 166 Å². The van der Waals surface area contributed by atoms with Gasteiger partial charge in [-0.05, 0) is 93.6 Å². The summed E-state index contributed by atoms with van der Waals surface area (Å²) >= 11 is 0. The molecule has 2 nitrogen and oxygen atoms in total. The second kappa shape index (κ2) is 12.6. The zero-order valence-electron chi connectivity index (χ0n) is 30.7. The van der Waals surface area contributed by atoms with Crippen molar-refractivity contribution in [2.24, 2.45) is 0 Å². The molecule has 1 aliphatic heterocycles. The number of benzene rings is 7. The number of anilines is 3. The first-order valence-electron chi connectivity index (χ1n) is 19.1. The summed E-state index contributed by atoms with van der Waals surface area (Å²) in [7, 11) is 0. The van der Waals surface area contributed by atoms with E-state index in [-0.39, 0.29) is 5.41 Å². The topological polar surface area (TPSA) is 12.5 Å². The van der Waals surface area contributed by atoms with E-state index in [1.165, 1.54) is 67.0 Å². The summed E-state index contributed by atoms with van der Waals surface area (Å²) in [6.45, 7) is 4.80. The van der Waals surface area contributed by atoms with Crippen molar-refractivity contribution in [2.45, 2.75) is 37.5 Å². The van der Waals surface area contributed by atoms with Crippen molar-refractivity contribution >= 4 is 17.1 Å². The molecule has 10 rings (SSSR count). The maximum Gasteiger partial charge on any atom is 0.132 e. The molecule has 7 aromatic rings. The van der Waals surface area contributed by atoms with Crippen molar-refractivity contribution in [3.63, 3.8) is 0 Å². The van der Waals surface area contributed by atoms with Crippen LogP contribution in [0, 0.1) is 0 Å². The number of hydrogen-bond donors (Lipinski definition) is 0. The van der Waals surface area contributed by atoms with Crippen LogP contribution in [0.1, 0.15) is 53.6 Å². The van der Waals surface area contributed by atoms with E-state index in [1.807, 2.05) is 0 Å². The SMILES string of the molecule is CC1(C)C/C=C\C=C/Cc2cccc(N(c3ccc(-c4ccccc4)cc3)c3cccc4c3-c3ccccc3C43c4ccccc4Oc4ccccc43)c21. The molecule has 1 spiro atoms. The van der Waals surface area contributed by atoms with E-state index in [0.717, 1.165) is 30.0 Å². The molecule has 0 saturated heterocycles. The molecule has 2 heteroatoms. The highest BCUT2D eigenvalue weighted by Crippen LogP contribution is 2.64. The molecule has 54 heavy (non-hydrogen) atoms. The smallest absolute Gasteiger partial charge is 0.132 e. The van der Waals surface area contributed by atoms with Gasteiger partial charge >= 0.3 is 0 Å². The van der Waals surface area contributed by atoms with Gasteiger partial charge in [0.05, 0.1) is 16.8 Å². The van der Waals surface area contributed by atoms with Crippen molar-refractivity contribution < 1.29 is 4.74 Å². The molecular formula is C52H41NO. The van der Waals surface area contributed by atoms with Gasteiger partial charge in [0.25, 0.3) is 0 Å². The first kappa shape index (κ1) is 32.3. The molecule has 0 fully saturated rings. The number of para-hydroxylation sites is 2. The van der Waals surface area contributed by atoms with Gasteiger partial charge in [-0.25, -0.2) is 0 Å². The highest BCUT2D eigenvalue weighted by atomic mass is 16.5. The number of ether oxygens (including phenoxy) is 1. The summed E-state index contributed by atoms with van der Waals surface area (Å²) in [5.74, 6) is 1.81. The van der Waals surface area contributed by atoms with Crippen molar-refractivity contribution in [1.29, 1.82) is 0 Å². The Morgan fingerprint density at radius 1 is 0.500 bits per heavy atom. The molecule has 2 aliphatic carbocycles. The first-order chi connectivity index (χ1) is 26.6. The third-order valence-corrected chi connectivity index (χ3v) is 11.7. The largest absolute Gasteiger partial charge is 0.457 e. The predicted octanol–water partition coefficient (Wildman–Crippen LogP) is 13.6. The molecule has 0 atom stereocenters. The van der Waals surface area contributed by atoms with Gasteiger partial charge in [0.2, 0.25) is 0 Å². The van der Waals surface area contributed by atoms with Crippen LogP contribution in [0.15, 0.2) is 188 Å². The Hall–Kier alpha value is -6.38. The van der Waals surface area contributed by atoms with E-state index < -0.39 is 5.41 Å². The molecule has 0 amide bonds. The quantitative estimate of drug-likeness (QED) is 0.182. The highest BCUT2D eigenvalue weighted by Gasteiger charge is 2.52. The van der Waals surface area contributed by atoms with Gasteiger partial charge in [0.15, 0.2) is 0 Å². The Kier molecular flexibility index (Phi) is 7.56. The summed E-state index contributed by atoms with van der Waals surface area (Å²) in [5, 5.41) is 0. The molecule has 0 saturated carbocycles. The number of nitrogens with zero attached hydrogens (tertiary/aromatic N) is 1. The van der Waals surface area contributed by atoms with Gasteiger partial charge in [-0.3, -0.25) is 0 Å². The molecule has 0 bridgehead atoms. The van der Waals surface area contributed by atoms with Gasteiger partial charge < -0.3 is 9.64 Å². The molecule has 0 radical (unpaired) electrons. The van der Waals surface area contributed by atoms with Gasteiger partial charge in [-0.15, -0.1) is 0 Å². The number of rotatable bonds is 4. The van der Waals surface area contributed by atoms with Gasteiger partial charge in [0, 0.05) is 22.4 Å². The Morgan fingerprint density at radius 2 is 1.09 bits per heavy atom. The lowest BCUT2D eigenvalue weighted by molar-refractivity contribution is 0.436. The Balaban J connectivity index is 1.29. The third-order valence-electron chi connectivity index (χ3n) is 11.7. The van der Waals surface area contributed by atoms with E-state index in [1.54, 1.807) is 0 Å². The first-order valence-corrected chi connectivity index (χ1v) is 19.1. The minimum absolute atomic E-state index is 0.119. The van der Waals surface area contributed by atoms with Crippen molar-refractivity contribution in [1.82, 2.24) is 0 Å². The van der Waals surface area contributed by atoms with Crippen molar-refractivity contribution in [3.8, 4) is 33.8 Å². The lowest BCUT2D eigenvalue weighted by Gasteiger charge is -2.39. The molecule has 0 aromatic heterocycles. The van der Waals surface area contributed by atoms with E-state index in [2.05, 4.69) is 207 Å². The van der Waals surface area contributed by atoms with Crippen LogP contribution in [0.4, 0.5) is 17.1 Å². The van der Waals surface area contributed by atoms with Crippen LogP contribution in [0.25, 0.3) is 22.3 Å². The fraction of sp³-hybridized carbons (Fsp3) is 0.115. The molecule has 7 aromatic carbocycles. The van der Waals surface area contributed by atoms with Crippen LogP contribution >= 0.6 is 0 Å². The summed E-state index contributed by atoms with van der Waals surface area (Å²) in [6, 6.07) is 59.9. The van der Waals surface area contributed by atoms with Crippen LogP contribution in [-0.2, 0) is 17.3 Å². The second-order valence-corrected chi connectivity index (χ2v) is 15.3. The molecule has 1 heterocycles. The Morgan fingerprint density at radius 3 is 1.85 bits per heavy atom. The lowest BCUT2D eigenvalue weighted by atomic mass is 9.66. The standard InChI is InChI=1S/C52H41NO/c1-51(2)35-15-4-3-6-20-38-21-16-28-46(50(38)51)53(39-33-31-37(32-34-39)36-18-7-5-8-19-36)45-27-17-26-44-49(45)40-22-9-10-23-41(40)52(44)42-24-11-13-29-47(42)54-48-30-14-12-25-43(48)52/h3-19,21-34H,20,35H2,1-2H3/b6-3-,15-4-. The summed E-state index contributed by atoms with van der Waals surface area (Å²) in [5.41, 5.74) is 15.4. The molecular weight excluding hydrogens is 655 g/mol. The van der Waals surface area contributed by atoms with Gasteiger partial charge in [0.1, 0.15) is 11.5 Å². The Labute approximate surface area is 318 Å². The fourth-order valence-corrected chi connectivity index (χ4v) is 9.45. The normalized spacial score (nSPS) is 16.6. The highest BCUT2D eigenvalue weighted by molar-refractivity contribution is 5.99. The van der Waals surface area contributed by atoms with E-state index in [0.29, 0.717) is 0 Å². The third kappa shape index (κ3) is 4.87. The molecule has 260 valence electrons. The average Bonchev–Trinajstić information content (AvgIpc) is 3.54. The van der Waals surface area contributed by atoms with Crippen LogP contribution in [0.5, 0.6) is 11.5 Å². The molecule has 0 unspecified atom stereocenters. The van der Waals surface area contributed by atoms with E-state index in [9.17, 15) is 0 Å². The van der Waals surface area contributed by atoms with Crippen LogP contribution in [-0.4, -0.2) is 0 Å². The summed E-state index contributed by atoms with van der Waals surface area (Å²) in [6.07, 6.45) is 10.8. The monoisotopic (exact) mass is 695 g/mol. The summed E-state index contributed by atoms with van der Waals surface area (Å²) < 4.78 is 6.65. The number of allylic oxidation sites excluding steroid dienone is 4. The number of fused-ring (bicyclic) bond motifs is 10. The maximum atomic E-state index is 6.65. The average molecular weight is 696 g/mol. The number of hydrogen-bond acceptors (Lipinski definition) is 2. The fourth-order valence-electron chi connectivity index (χ4n) is 9.45. The minimum atomic E-state index is -0.547. The summed E-state index contributed by atoms with van der Waals surface area (Å²) in [4.78, 5) is 2.55. The maximum absolute atomic E-state index is 6.65.